The zero-order valence-corrected chi connectivity index (χ0v) is 19.1. The van der Waals surface area contributed by atoms with Crippen molar-refractivity contribution < 1.29 is 9.90 Å². The number of hydrogen-bond acceptors (Lipinski definition) is 4. The number of carbonyl (C=O) groups is 1. The van der Waals surface area contributed by atoms with Crippen LogP contribution in [0.15, 0.2) is 24.0 Å². The van der Waals surface area contributed by atoms with Gasteiger partial charge in [0.15, 0.2) is 5.78 Å². The lowest BCUT2D eigenvalue weighted by Crippen LogP contribution is -2.51. The number of aromatic nitrogens is 2. The number of nitriles is 1. The lowest BCUT2D eigenvalue weighted by atomic mass is 9.47. The van der Waals surface area contributed by atoms with Crippen LogP contribution in [0.1, 0.15) is 77.7 Å². The number of carbonyl (C=O) groups excluding carboxylic acids is 1. The van der Waals surface area contributed by atoms with Gasteiger partial charge in [-0.25, -0.2) is 0 Å². The van der Waals surface area contributed by atoms with Gasteiger partial charge in [-0.3, -0.25) is 9.48 Å². The van der Waals surface area contributed by atoms with Crippen molar-refractivity contribution in [3.05, 3.63) is 29.6 Å². The second-order valence-corrected chi connectivity index (χ2v) is 11.6. The van der Waals surface area contributed by atoms with Crippen LogP contribution in [0.2, 0.25) is 0 Å². The molecule has 166 valence electrons. The van der Waals surface area contributed by atoms with Crippen molar-refractivity contribution in [1.82, 2.24) is 9.78 Å². The molecule has 1 aromatic rings. The van der Waals surface area contributed by atoms with E-state index in [0.717, 1.165) is 38.5 Å². The molecule has 0 amide bonds. The molecule has 5 nitrogen and oxygen atoms in total. The Balaban J connectivity index is 1.38. The van der Waals surface area contributed by atoms with Crippen LogP contribution in [0.3, 0.4) is 0 Å². The lowest BCUT2D eigenvalue weighted by Gasteiger charge is -2.58. The Hall–Kier alpha value is -1.93. The first-order valence-electron chi connectivity index (χ1n) is 12.0. The fourth-order valence-corrected chi connectivity index (χ4v) is 8.01. The average molecular weight is 422 g/mol. The Morgan fingerprint density at radius 2 is 2.06 bits per heavy atom. The summed E-state index contributed by atoms with van der Waals surface area (Å²) >= 11 is 0. The maximum Gasteiger partial charge on any atom is 0.157 e. The molecule has 0 spiro atoms. The average Bonchev–Trinajstić information content (AvgIpc) is 3.31. The van der Waals surface area contributed by atoms with Crippen LogP contribution in [-0.4, -0.2) is 26.3 Å². The zero-order valence-electron chi connectivity index (χ0n) is 19.1. The van der Waals surface area contributed by atoms with Gasteiger partial charge in [-0.1, -0.05) is 25.5 Å². The molecule has 0 unspecified atom stereocenters. The molecule has 0 bridgehead atoms. The third-order valence-corrected chi connectivity index (χ3v) is 9.78. The molecule has 0 saturated heterocycles. The van der Waals surface area contributed by atoms with E-state index in [0.29, 0.717) is 23.3 Å². The molecule has 0 radical (unpaired) electrons. The number of Topliss-reactive ketones (excluding diaryl/α,β-unsaturated/α-hetero) is 1. The number of aliphatic hydroxyl groups is 1. The number of hydrogen-bond donors (Lipinski definition) is 1. The van der Waals surface area contributed by atoms with E-state index in [4.69, 9.17) is 5.26 Å². The summed E-state index contributed by atoms with van der Waals surface area (Å²) in [6, 6.07) is 2.09. The molecule has 0 aliphatic heterocycles. The van der Waals surface area contributed by atoms with Crippen molar-refractivity contribution >= 4 is 5.78 Å². The third-order valence-electron chi connectivity index (χ3n) is 9.78. The van der Waals surface area contributed by atoms with Gasteiger partial charge in [0.05, 0.1) is 23.9 Å². The normalized spacial score (nSPS) is 43.9. The second kappa shape index (κ2) is 7.04. The van der Waals surface area contributed by atoms with Crippen molar-refractivity contribution in [1.29, 1.82) is 5.26 Å². The molecule has 5 rings (SSSR count). The van der Waals surface area contributed by atoms with Gasteiger partial charge in [0, 0.05) is 12.1 Å². The van der Waals surface area contributed by atoms with Crippen LogP contribution in [0.4, 0.5) is 0 Å². The number of allylic oxidation sites excluding steroid dienone is 2. The first-order chi connectivity index (χ1) is 14.7. The molecule has 4 aliphatic rings. The third kappa shape index (κ3) is 3.21. The maximum absolute atomic E-state index is 13.3. The zero-order chi connectivity index (χ0) is 22.0. The van der Waals surface area contributed by atoms with Crippen LogP contribution >= 0.6 is 0 Å². The molecular formula is C26H35N3O2. The molecule has 5 heteroatoms. The monoisotopic (exact) mass is 421 g/mol. The van der Waals surface area contributed by atoms with Gasteiger partial charge in [0.2, 0.25) is 0 Å². The second-order valence-electron chi connectivity index (χ2n) is 11.6. The highest BCUT2D eigenvalue weighted by Gasteiger charge is 2.59. The molecule has 3 saturated carbocycles. The van der Waals surface area contributed by atoms with Gasteiger partial charge < -0.3 is 5.11 Å². The van der Waals surface area contributed by atoms with Crippen LogP contribution in [0.5, 0.6) is 0 Å². The number of ketones is 1. The standard InChI is InChI=1S/C26H35N3O2/c1-24(31)10-11-25(2)18(12-24)4-5-19-20-6-7-22(26(20,3)9-8-21(19)25)23(30)16-29-15-17(13-27)14-28-29/h8,14-15,18-20,22,31H,4-7,9-12,16H2,1-3H3/t18-,19-,20-,22-,24+,25-,26-/m0/s1. The molecule has 1 heterocycles. The number of nitrogens with zero attached hydrogens (tertiary/aromatic N) is 3. The number of fused-ring (bicyclic) bond motifs is 5. The van der Waals surface area contributed by atoms with Crippen molar-refractivity contribution in [2.75, 3.05) is 0 Å². The van der Waals surface area contributed by atoms with Crippen LogP contribution in [-0.2, 0) is 11.3 Å². The highest BCUT2D eigenvalue weighted by atomic mass is 16.3. The highest BCUT2D eigenvalue weighted by Crippen LogP contribution is 2.66. The smallest absolute Gasteiger partial charge is 0.157 e. The van der Waals surface area contributed by atoms with E-state index in [1.165, 1.54) is 19.0 Å². The summed E-state index contributed by atoms with van der Waals surface area (Å²) in [6.45, 7) is 7.09. The first-order valence-corrected chi connectivity index (χ1v) is 12.0. The van der Waals surface area contributed by atoms with Crippen LogP contribution in [0, 0.1) is 45.8 Å². The van der Waals surface area contributed by atoms with E-state index >= 15 is 0 Å². The molecule has 7 atom stereocenters. The van der Waals surface area contributed by atoms with Gasteiger partial charge in [-0.15, -0.1) is 0 Å². The van der Waals surface area contributed by atoms with Crippen molar-refractivity contribution in [2.24, 2.45) is 34.5 Å². The first kappa shape index (κ1) is 20.9. The van der Waals surface area contributed by atoms with E-state index in [9.17, 15) is 9.90 Å². The van der Waals surface area contributed by atoms with Crippen molar-refractivity contribution in [3.63, 3.8) is 0 Å². The van der Waals surface area contributed by atoms with Crippen LogP contribution < -0.4 is 0 Å². The minimum atomic E-state index is -0.510. The molecular weight excluding hydrogens is 386 g/mol. The minimum absolute atomic E-state index is 0.0276. The van der Waals surface area contributed by atoms with E-state index in [1.807, 2.05) is 6.92 Å². The fraction of sp³-hybridized carbons (Fsp3) is 0.731. The largest absolute Gasteiger partial charge is 0.390 e. The topological polar surface area (TPSA) is 78.9 Å². The predicted molar refractivity (Wildman–Crippen MR) is 118 cm³/mol. The SMILES string of the molecule is C[C@@]1(O)CC[C@]2(C)C3=CC[C@]4(C)[C@H](C(=O)Cn5cc(C#N)cn5)CC[C@H]4[C@@H]3CC[C@H]2C1. The lowest BCUT2D eigenvalue weighted by molar-refractivity contribution is -0.128. The Morgan fingerprint density at radius 3 is 2.81 bits per heavy atom. The van der Waals surface area contributed by atoms with E-state index in [2.05, 4.69) is 31.1 Å². The van der Waals surface area contributed by atoms with Gasteiger partial charge in [0.25, 0.3) is 0 Å². The van der Waals surface area contributed by atoms with Crippen molar-refractivity contribution in [3.8, 4) is 6.07 Å². The Bertz CT molecular complexity index is 970. The van der Waals surface area contributed by atoms with Gasteiger partial charge in [-0.2, -0.15) is 10.4 Å². The summed E-state index contributed by atoms with van der Waals surface area (Å²) in [7, 11) is 0. The Labute approximate surface area is 185 Å². The van der Waals surface area contributed by atoms with E-state index < -0.39 is 5.60 Å². The van der Waals surface area contributed by atoms with Crippen molar-refractivity contribution in [2.45, 2.75) is 84.3 Å². The maximum atomic E-state index is 13.3. The Morgan fingerprint density at radius 1 is 1.26 bits per heavy atom. The summed E-state index contributed by atoms with van der Waals surface area (Å²) in [5, 5.41) is 23.9. The summed E-state index contributed by atoms with van der Waals surface area (Å²) in [5.74, 6) is 2.09. The predicted octanol–water partition coefficient (Wildman–Crippen LogP) is 4.65. The minimum Gasteiger partial charge on any atom is -0.390 e. The van der Waals surface area contributed by atoms with Gasteiger partial charge >= 0.3 is 0 Å². The Kier molecular flexibility index (Phi) is 4.75. The fourth-order valence-electron chi connectivity index (χ4n) is 8.01. The summed E-state index contributed by atoms with van der Waals surface area (Å²) < 4.78 is 1.63. The summed E-state index contributed by atoms with van der Waals surface area (Å²) in [4.78, 5) is 13.3. The molecule has 1 aromatic heterocycles. The molecule has 1 N–H and O–H groups in total. The van der Waals surface area contributed by atoms with Crippen LogP contribution in [0.25, 0.3) is 0 Å². The molecule has 4 aliphatic carbocycles. The summed E-state index contributed by atoms with van der Waals surface area (Å²) in [5.41, 5.74) is 1.89. The highest BCUT2D eigenvalue weighted by molar-refractivity contribution is 5.82. The van der Waals surface area contributed by atoms with E-state index in [1.54, 1.807) is 16.5 Å². The number of rotatable bonds is 3. The molecule has 31 heavy (non-hydrogen) atoms. The summed E-state index contributed by atoms with van der Waals surface area (Å²) in [6.07, 6.45) is 14.1. The van der Waals surface area contributed by atoms with E-state index in [-0.39, 0.29) is 29.1 Å². The quantitative estimate of drug-likeness (QED) is 0.720. The van der Waals surface area contributed by atoms with Gasteiger partial charge in [0.1, 0.15) is 6.07 Å². The molecule has 0 aromatic carbocycles. The molecule has 3 fully saturated rings. The van der Waals surface area contributed by atoms with Gasteiger partial charge in [-0.05, 0) is 86.9 Å².